The zero-order chi connectivity index (χ0) is 15.7. The Kier molecular flexibility index (Phi) is 3.77. The van der Waals surface area contributed by atoms with Crippen LogP contribution in [0.3, 0.4) is 0 Å². The Bertz CT molecular complexity index is 850. The number of alkyl halides is 2. The van der Waals surface area contributed by atoms with Crippen molar-refractivity contribution >= 4 is 11.0 Å². The summed E-state index contributed by atoms with van der Waals surface area (Å²) < 4.78 is 28.2. The molecule has 1 aromatic heterocycles. The van der Waals surface area contributed by atoms with Crippen LogP contribution in [0.15, 0.2) is 53.3 Å². The number of hydrogen-bond donors (Lipinski definition) is 1. The second-order valence-electron chi connectivity index (χ2n) is 5.07. The lowest BCUT2D eigenvalue weighted by Crippen LogP contribution is -2.47. The third-order valence-corrected chi connectivity index (χ3v) is 3.72. The molecule has 0 aliphatic heterocycles. The monoisotopic (exact) mass is 304 g/mol. The second kappa shape index (κ2) is 5.73. The quantitative estimate of drug-likeness (QED) is 0.787. The number of halogens is 2. The summed E-state index contributed by atoms with van der Waals surface area (Å²) in [6, 6.07) is 14.2. The van der Waals surface area contributed by atoms with Crippen LogP contribution in [0.5, 0.6) is 0 Å². The van der Waals surface area contributed by atoms with Gasteiger partial charge in [-0.05, 0) is 17.7 Å². The summed E-state index contributed by atoms with van der Waals surface area (Å²) in [4.78, 5) is 12.3. The molecule has 1 heterocycles. The van der Waals surface area contributed by atoms with Crippen LogP contribution in [-0.2, 0) is 13.1 Å². The van der Waals surface area contributed by atoms with E-state index < -0.39 is 12.2 Å². The van der Waals surface area contributed by atoms with Gasteiger partial charge in [-0.3, -0.25) is 4.57 Å². The molecule has 0 unspecified atom stereocenters. The van der Waals surface area contributed by atoms with Crippen molar-refractivity contribution in [3.63, 3.8) is 0 Å². The number of nitrogens with zero attached hydrogens (tertiary/aromatic N) is 2. The molecule has 0 spiro atoms. The van der Waals surface area contributed by atoms with Crippen molar-refractivity contribution in [1.82, 2.24) is 9.13 Å². The highest BCUT2D eigenvalue weighted by atomic mass is 19.3. The highest BCUT2D eigenvalue weighted by Crippen LogP contribution is 2.19. The lowest BCUT2D eigenvalue weighted by molar-refractivity contribution is -0.386. The highest BCUT2D eigenvalue weighted by molar-refractivity contribution is 5.76. The topological polar surface area (TPSA) is 54.6 Å². The molecule has 3 rings (SSSR count). The third kappa shape index (κ3) is 2.42. The van der Waals surface area contributed by atoms with Crippen molar-refractivity contribution < 1.29 is 14.5 Å². The third-order valence-electron chi connectivity index (χ3n) is 3.72. The first-order valence-electron chi connectivity index (χ1n) is 6.97. The molecule has 0 fully saturated rings. The highest BCUT2D eigenvalue weighted by Gasteiger charge is 2.18. The van der Waals surface area contributed by atoms with E-state index >= 15 is 0 Å². The molecule has 0 amide bonds. The molecule has 6 heteroatoms. The van der Waals surface area contributed by atoms with Crippen molar-refractivity contribution in [3.05, 3.63) is 70.1 Å². The van der Waals surface area contributed by atoms with Gasteiger partial charge in [-0.15, -0.1) is 0 Å². The normalized spacial score (nSPS) is 11.5. The summed E-state index contributed by atoms with van der Waals surface area (Å²) >= 11 is 0. The Morgan fingerprint density at radius 2 is 1.55 bits per heavy atom. The summed E-state index contributed by atoms with van der Waals surface area (Å²) in [5.74, 6) is 0. The van der Waals surface area contributed by atoms with E-state index in [-0.39, 0.29) is 12.1 Å². The average Bonchev–Trinajstić information content (AvgIpc) is 2.81. The van der Waals surface area contributed by atoms with Gasteiger partial charge in [0.15, 0.2) is 0 Å². The molecule has 3 N–H and O–H groups in total. The minimum atomic E-state index is -2.85. The van der Waals surface area contributed by atoms with Gasteiger partial charge in [0.05, 0.1) is 24.1 Å². The molecule has 0 saturated heterocycles. The van der Waals surface area contributed by atoms with Gasteiger partial charge in [-0.25, -0.2) is 9.36 Å². The summed E-state index contributed by atoms with van der Waals surface area (Å²) in [6.45, 7) is -1.91. The molecular formula is C16H16F2N3O+. The van der Waals surface area contributed by atoms with E-state index in [0.29, 0.717) is 16.6 Å². The van der Waals surface area contributed by atoms with Crippen LogP contribution in [0.1, 0.15) is 17.7 Å². The molecule has 2 aromatic carbocycles. The number of aromatic nitrogens is 2. The maximum absolute atomic E-state index is 13.2. The summed E-state index contributed by atoms with van der Waals surface area (Å²) in [5.41, 5.74) is 5.84. The summed E-state index contributed by atoms with van der Waals surface area (Å²) in [6.07, 6.45) is 0. The van der Waals surface area contributed by atoms with Crippen molar-refractivity contribution in [2.24, 2.45) is 0 Å². The van der Waals surface area contributed by atoms with E-state index in [1.54, 1.807) is 18.2 Å². The molecule has 0 aliphatic carbocycles. The molecule has 0 atom stereocenters. The molecule has 3 aromatic rings. The predicted octanol–water partition coefficient (Wildman–Crippen LogP) is 1.99. The van der Waals surface area contributed by atoms with Gasteiger partial charge in [-0.1, -0.05) is 36.4 Å². The van der Waals surface area contributed by atoms with Crippen molar-refractivity contribution in [2.45, 2.75) is 19.6 Å². The standard InChI is InChI=1S/C16H15F2N3O/c17-15(18)21-14-4-2-1-3-13(14)20(16(21)22)10-12-7-5-11(9-19)6-8-12/h1-8,15H,9-10,19H2/p+1. The Labute approximate surface area is 125 Å². The zero-order valence-corrected chi connectivity index (χ0v) is 11.9. The zero-order valence-electron chi connectivity index (χ0n) is 11.9. The molecular weight excluding hydrogens is 288 g/mol. The smallest absolute Gasteiger partial charge is 0.333 e. The largest absolute Gasteiger partial charge is 0.354 e. The molecule has 4 nitrogen and oxygen atoms in total. The molecule has 0 bridgehead atoms. The van der Waals surface area contributed by atoms with Crippen LogP contribution < -0.4 is 11.4 Å². The van der Waals surface area contributed by atoms with Gasteiger partial charge in [0.1, 0.15) is 0 Å². The number of fused-ring (bicyclic) bond motifs is 1. The van der Waals surface area contributed by atoms with Gasteiger partial charge in [0, 0.05) is 5.56 Å². The SMILES string of the molecule is [NH3+]Cc1ccc(Cn2c(=O)n(C(F)F)c3ccccc32)cc1. The maximum atomic E-state index is 13.2. The maximum Gasteiger partial charge on any atom is 0.333 e. The summed E-state index contributed by atoms with van der Waals surface area (Å²) in [7, 11) is 0. The minimum absolute atomic E-state index is 0.247. The van der Waals surface area contributed by atoms with Gasteiger partial charge in [0.25, 0.3) is 0 Å². The van der Waals surface area contributed by atoms with Crippen LogP contribution in [-0.4, -0.2) is 9.13 Å². The lowest BCUT2D eigenvalue weighted by atomic mass is 10.1. The van der Waals surface area contributed by atoms with Crippen molar-refractivity contribution in [1.29, 1.82) is 0 Å². The Balaban J connectivity index is 2.10. The predicted molar refractivity (Wildman–Crippen MR) is 79.6 cm³/mol. The van der Waals surface area contributed by atoms with E-state index in [1.165, 1.54) is 10.6 Å². The summed E-state index contributed by atoms with van der Waals surface area (Å²) in [5, 5.41) is 0. The first-order chi connectivity index (χ1) is 10.6. The first kappa shape index (κ1) is 14.5. The Morgan fingerprint density at radius 3 is 2.14 bits per heavy atom. The number of rotatable bonds is 4. The fourth-order valence-electron chi connectivity index (χ4n) is 2.57. The number of hydrogen-bond acceptors (Lipinski definition) is 1. The second-order valence-corrected chi connectivity index (χ2v) is 5.07. The van der Waals surface area contributed by atoms with E-state index in [2.05, 4.69) is 5.73 Å². The first-order valence-corrected chi connectivity index (χ1v) is 6.97. The van der Waals surface area contributed by atoms with Crippen LogP contribution in [0.2, 0.25) is 0 Å². The lowest BCUT2D eigenvalue weighted by Gasteiger charge is -2.04. The van der Waals surface area contributed by atoms with Crippen molar-refractivity contribution in [2.75, 3.05) is 0 Å². The van der Waals surface area contributed by atoms with E-state index in [9.17, 15) is 13.6 Å². The molecule has 0 radical (unpaired) electrons. The fraction of sp³-hybridized carbons (Fsp3) is 0.188. The minimum Gasteiger partial charge on any atom is -0.354 e. The number of imidazole rings is 1. The van der Waals surface area contributed by atoms with Gasteiger partial charge in [0.2, 0.25) is 0 Å². The van der Waals surface area contributed by atoms with Crippen LogP contribution in [0, 0.1) is 0 Å². The number of quaternary nitrogens is 1. The van der Waals surface area contributed by atoms with Crippen LogP contribution in [0.4, 0.5) is 8.78 Å². The number of para-hydroxylation sites is 2. The van der Waals surface area contributed by atoms with E-state index in [1.807, 2.05) is 24.3 Å². The van der Waals surface area contributed by atoms with Gasteiger partial charge in [-0.2, -0.15) is 8.78 Å². The molecule has 22 heavy (non-hydrogen) atoms. The average molecular weight is 304 g/mol. The van der Waals surface area contributed by atoms with E-state index in [4.69, 9.17) is 0 Å². The molecule has 0 saturated carbocycles. The Hall–Kier alpha value is -2.47. The number of benzene rings is 2. The Morgan fingerprint density at radius 1 is 0.955 bits per heavy atom. The fourth-order valence-corrected chi connectivity index (χ4v) is 2.57. The van der Waals surface area contributed by atoms with Crippen LogP contribution >= 0.6 is 0 Å². The molecule has 114 valence electrons. The van der Waals surface area contributed by atoms with Gasteiger partial charge < -0.3 is 5.73 Å². The van der Waals surface area contributed by atoms with E-state index in [0.717, 1.165) is 11.1 Å². The van der Waals surface area contributed by atoms with Crippen LogP contribution in [0.25, 0.3) is 11.0 Å². The van der Waals surface area contributed by atoms with Gasteiger partial charge >= 0.3 is 12.2 Å². The molecule has 0 aliphatic rings. The van der Waals surface area contributed by atoms with Crippen molar-refractivity contribution in [3.8, 4) is 0 Å².